The van der Waals surface area contributed by atoms with Gasteiger partial charge in [-0.25, -0.2) is 0 Å². The van der Waals surface area contributed by atoms with Crippen LogP contribution in [0.5, 0.6) is 11.5 Å². The second-order valence-corrected chi connectivity index (χ2v) is 10.7. The van der Waals surface area contributed by atoms with Crippen molar-refractivity contribution in [2.45, 2.75) is 50.2 Å². The lowest BCUT2D eigenvalue weighted by molar-refractivity contribution is -0.134. The maximum absolute atomic E-state index is 14.3. The molecular formula is C30H40N4O4. The first kappa shape index (κ1) is 26.5. The van der Waals surface area contributed by atoms with E-state index in [9.17, 15) is 9.59 Å². The smallest absolute Gasteiger partial charge is 0.234 e. The fourth-order valence-electron chi connectivity index (χ4n) is 5.83. The molecule has 5 rings (SSSR count). The summed E-state index contributed by atoms with van der Waals surface area (Å²) in [6.07, 6.45) is 3.66. The Bertz CT molecular complexity index is 1120. The first-order valence-corrected chi connectivity index (χ1v) is 14.0. The van der Waals surface area contributed by atoms with Crippen molar-refractivity contribution in [2.75, 3.05) is 53.4 Å². The van der Waals surface area contributed by atoms with Crippen molar-refractivity contribution < 1.29 is 19.1 Å². The molecule has 2 N–H and O–H groups in total. The Hall–Kier alpha value is -3.10. The molecule has 2 aromatic rings. The summed E-state index contributed by atoms with van der Waals surface area (Å²) in [5, 5.41) is 6.71. The summed E-state index contributed by atoms with van der Waals surface area (Å²) >= 11 is 0. The minimum Gasteiger partial charge on any atom is -0.497 e. The van der Waals surface area contributed by atoms with Gasteiger partial charge in [-0.1, -0.05) is 18.2 Å². The summed E-state index contributed by atoms with van der Waals surface area (Å²) in [6.45, 7) is 4.70. The van der Waals surface area contributed by atoms with Crippen molar-refractivity contribution in [3.05, 3.63) is 59.2 Å². The van der Waals surface area contributed by atoms with Crippen LogP contribution in [-0.4, -0.2) is 75.0 Å². The van der Waals surface area contributed by atoms with E-state index >= 15 is 0 Å². The molecule has 204 valence electrons. The van der Waals surface area contributed by atoms with Crippen molar-refractivity contribution in [1.29, 1.82) is 0 Å². The Morgan fingerprint density at radius 3 is 2.42 bits per heavy atom. The van der Waals surface area contributed by atoms with Crippen LogP contribution in [0.3, 0.4) is 0 Å². The van der Waals surface area contributed by atoms with E-state index in [0.717, 1.165) is 73.5 Å². The third kappa shape index (κ3) is 5.97. The van der Waals surface area contributed by atoms with Gasteiger partial charge in [-0.15, -0.1) is 0 Å². The number of nitrogens with zero attached hydrogens (tertiary/aromatic N) is 2. The van der Waals surface area contributed by atoms with Crippen molar-refractivity contribution >= 4 is 11.8 Å². The van der Waals surface area contributed by atoms with E-state index < -0.39 is 12.0 Å². The second kappa shape index (κ2) is 12.2. The number of carbonyl (C=O) groups is 2. The Morgan fingerprint density at radius 2 is 1.61 bits per heavy atom. The van der Waals surface area contributed by atoms with Gasteiger partial charge in [0.05, 0.1) is 7.11 Å². The average Bonchev–Trinajstić information content (AvgIpc) is 3.31. The standard InChI is InChI=1S/C30H40N4O4/c1-33-15-3-4-17-34-18-6-14-32-27(35)20-25(31-13-5-16-33)22-9-12-26-24(19-22)28(30(34)36)29(38-26)21-7-10-23(37-2)11-8-21/h7-12,19,25,28-29,31H,3-6,13-18,20H2,1-2H3,(H,32,35). The van der Waals surface area contributed by atoms with Gasteiger partial charge >= 0.3 is 0 Å². The van der Waals surface area contributed by atoms with Crippen LogP contribution in [0.25, 0.3) is 0 Å². The molecule has 8 heteroatoms. The Kier molecular flexibility index (Phi) is 8.49. The van der Waals surface area contributed by atoms with Crippen LogP contribution in [-0.2, 0) is 9.59 Å². The summed E-state index contributed by atoms with van der Waals surface area (Å²) < 4.78 is 11.9. The lowest BCUT2D eigenvalue weighted by Gasteiger charge is -2.29. The van der Waals surface area contributed by atoms with E-state index in [2.05, 4.69) is 28.6 Å². The van der Waals surface area contributed by atoms with Gasteiger partial charge in [-0.2, -0.15) is 0 Å². The molecule has 0 saturated carbocycles. The lowest BCUT2D eigenvalue weighted by atomic mass is 9.87. The third-order valence-corrected chi connectivity index (χ3v) is 7.99. The van der Waals surface area contributed by atoms with Gasteiger partial charge in [0.15, 0.2) is 0 Å². The first-order chi connectivity index (χ1) is 18.5. The number of methoxy groups -OCH3 is 1. The van der Waals surface area contributed by atoms with Gasteiger partial charge in [0.1, 0.15) is 23.5 Å². The number of benzene rings is 2. The Morgan fingerprint density at radius 1 is 0.895 bits per heavy atom. The molecule has 3 aliphatic heterocycles. The molecule has 3 aliphatic rings. The topological polar surface area (TPSA) is 83.1 Å². The molecule has 38 heavy (non-hydrogen) atoms. The molecule has 3 atom stereocenters. The van der Waals surface area contributed by atoms with E-state index in [-0.39, 0.29) is 17.9 Å². The molecule has 0 aromatic heterocycles. The highest BCUT2D eigenvalue weighted by Crippen LogP contribution is 2.48. The molecular weight excluding hydrogens is 480 g/mol. The van der Waals surface area contributed by atoms with E-state index in [4.69, 9.17) is 9.47 Å². The maximum Gasteiger partial charge on any atom is 0.234 e. The SMILES string of the molecule is COc1ccc(C2Oc3ccc4cc3C2C(=O)N2CCCCN(C)CCCNC4CC(=O)NCCC2)cc1. The van der Waals surface area contributed by atoms with E-state index in [1.807, 2.05) is 41.3 Å². The minimum atomic E-state index is -0.445. The molecule has 0 saturated heterocycles. The molecule has 3 heterocycles. The van der Waals surface area contributed by atoms with Crippen molar-refractivity contribution in [2.24, 2.45) is 0 Å². The normalized spacial score (nSPS) is 25.5. The zero-order chi connectivity index (χ0) is 26.5. The highest BCUT2D eigenvalue weighted by atomic mass is 16.5. The monoisotopic (exact) mass is 520 g/mol. The van der Waals surface area contributed by atoms with Gasteiger partial charge in [-0.3, -0.25) is 9.59 Å². The third-order valence-electron chi connectivity index (χ3n) is 7.99. The van der Waals surface area contributed by atoms with E-state index in [1.165, 1.54) is 0 Å². The van der Waals surface area contributed by atoms with Gasteiger partial charge in [0.2, 0.25) is 11.8 Å². The lowest BCUT2D eigenvalue weighted by Crippen LogP contribution is -2.39. The number of ether oxygens (including phenoxy) is 2. The zero-order valence-electron chi connectivity index (χ0n) is 22.6. The molecule has 0 spiro atoms. The van der Waals surface area contributed by atoms with Crippen LogP contribution in [0.2, 0.25) is 0 Å². The molecule has 3 unspecified atom stereocenters. The second-order valence-electron chi connectivity index (χ2n) is 10.7. The van der Waals surface area contributed by atoms with Crippen LogP contribution < -0.4 is 20.1 Å². The predicted molar refractivity (Wildman–Crippen MR) is 146 cm³/mol. The fourth-order valence-corrected chi connectivity index (χ4v) is 5.83. The summed E-state index contributed by atoms with van der Waals surface area (Å²) in [5.41, 5.74) is 2.88. The maximum atomic E-state index is 14.3. The summed E-state index contributed by atoms with van der Waals surface area (Å²) in [5.74, 6) is 1.20. The Balaban J connectivity index is 1.57. The number of fused-ring (bicyclic) bond motifs is 1. The number of nitrogens with one attached hydrogen (secondary N) is 2. The van der Waals surface area contributed by atoms with Gasteiger partial charge in [0.25, 0.3) is 0 Å². The molecule has 0 radical (unpaired) electrons. The van der Waals surface area contributed by atoms with E-state index in [1.54, 1.807) is 7.11 Å². The molecule has 0 fully saturated rings. The number of amides is 2. The molecule has 8 nitrogen and oxygen atoms in total. The summed E-state index contributed by atoms with van der Waals surface area (Å²) in [6, 6.07) is 13.8. The van der Waals surface area contributed by atoms with Crippen molar-refractivity contribution in [3.8, 4) is 11.5 Å². The highest BCUT2D eigenvalue weighted by Gasteiger charge is 2.43. The minimum absolute atomic E-state index is 0.0328. The van der Waals surface area contributed by atoms with Gasteiger partial charge < -0.3 is 29.9 Å². The quantitative estimate of drug-likeness (QED) is 0.632. The average molecular weight is 521 g/mol. The summed E-state index contributed by atoms with van der Waals surface area (Å²) in [7, 11) is 3.81. The molecule has 0 aliphatic carbocycles. The van der Waals surface area contributed by atoms with Crippen LogP contribution in [0, 0.1) is 0 Å². The number of carbonyl (C=O) groups excluding carboxylic acids is 2. The zero-order valence-corrected chi connectivity index (χ0v) is 22.6. The molecule has 4 bridgehead atoms. The largest absolute Gasteiger partial charge is 0.497 e. The number of hydrogen-bond acceptors (Lipinski definition) is 6. The van der Waals surface area contributed by atoms with E-state index in [0.29, 0.717) is 26.1 Å². The van der Waals surface area contributed by atoms with Crippen LogP contribution in [0.15, 0.2) is 42.5 Å². The van der Waals surface area contributed by atoms with Gasteiger partial charge in [-0.05, 0) is 87.8 Å². The molecule has 2 amide bonds. The Labute approximate surface area is 225 Å². The van der Waals surface area contributed by atoms with Crippen molar-refractivity contribution in [3.63, 3.8) is 0 Å². The van der Waals surface area contributed by atoms with Gasteiger partial charge in [0, 0.05) is 37.7 Å². The number of hydrogen-bond donors (Lipinski definition) is 2. The van der Waals surface area contributed by atoms with Crippen LogP contribution >= 0.6 is 0 Å². The van der Waals surface area contributed by atoms with Crippen LogP contribution in [0.4, 0.5) is 0 Å². The molecule has 2 aromatic carbocycles. The van der Waals surface area contributed by atoms with Crippen LogP contribution in [0.1, 0.15) is 66.9 Å². The van der Waals surface area contributed by atoms with Crippen molar-refractivity contribution in [1.82, 2.24) is 20.4 Å². The summed E-state index contributed by atoms with van der Waals surface area (Å²) in [4.78, 5) is 31.6. The first-order valence-electron chi connectivity index (χ1n) is 14.0. The fraction of sp³-hybridized carbons (Fsp3) is 0.533. The predicted octanol–water partition coefficient (Wildman–Crippen LogP) is 3.40. The highest BCUT2D eigenvalue weighted by molar-refractivity contribution is 5.87. The number of rotatable bonds is 2.